The minimum absolute atomic E-state index is 0.0231. The van der Waals surface area contributed by atoms with Crippen LogP contribution in [-0.4, -0.2) is 56.7 Å². The number of rotatable bonds is 7. The van der Waals surface area contributed by atoms with Gasteiger partial charge in [0.25, 0.3) is 5.91 Å². The topological polar surface area (TPSA) is 67.2 Å². The van der Waals surface area contributed by atoms with Gasteiger partial charge in [-0.3, -0.25) is 9.36 Å². The highest BCUT2D eigenvalue weighted by Crippen LogP contribution is 2.34. The maximum atomic E-state index is 13.3. The molecule has 1 saturated heterocycles. The largest absolute Gasteiger partial charge is 0.368 e. The van der Waals surface area contributed by atoms with E-state index in [2.05, 4.69) is 51.3 Å². The van der Waals surface area contributed by atoms with E-state index < -0.39 is 0 Å². The lowest BCUT2D eigenvalue weighted by Crippen LogP contribution is -2.49. The average molecular weight is 622 g/mol. The minimum atomic E-state index is -0.0231. The summed E-state index contributed by atoms with van der Waals surface area (Å²) in [6.45, 7) is 5.06. The molecule has 0 bridgehead atoms. The van der Waals surface area contributed by atoms with Gasteiger partial charge in [0.1, 0.15) is 10.7 Å². The van der Waals surface area contributed by atoms with Gasteiger partial charge in [-0.1, -0.05) is 71.4 Å². The number of carbonyl (C=O) groups excluding carboxylic acids is 1. The normalized spacial score (nSPS) is 13.5. The molecule has 41 heavy (non-hydrogen) atoms. The molecular formula is C30H26Cl2N6OS2. The van der Waals surface area contributed by atoms with Crippen molar-refractivity contribution in [3.8, 4) is 17.1 Å². The van der Waals surface area contributed by atoms with Crippen molar-refractivity contribution in [1.29, 1.82) is 0 Å². The smallest absolute Gasteiger partial charge is 0.273 e. The van der Waals surface area contributed by atoms with E-state index in [1.54, 1.807) is 0 Å². The van der Waals surface area contributed by atoms with E-state index in [0.29, 0.717) is 45.6 Å². The molecule has 0 spiro atoms. The molecular weight excluding hydrogens is 595 g/mol. The average Bonchev–Trinajstić information content (AvgIpc) is 3.64. The van der Waals surface area contributed by atoms with Gasteiger partial charge >= 0.3 is 0 Å². The van der Waals surface area contributed by atoms with Crippen molar-refractivity contribution in [3.63, 3.8) is 0 Å². The molecule has 11 heteroatoms. The van der Waals surface area contributed by atoms with Crippen LogP contribution in [0.4, 0.5) is 5.69 Å². The molecule has 208 valence electrons. The fraction of sp³-hybridized carbons (Fsp3) is 0.200. The Morgan fingerprint density at radius 2 is 1.73 bits per heavy atom. The number of hydrogen-bond donors (Lipinski definition) is 0. The lowest BCUT2D eigenvalue weighted by Gasteiger charge is -2.36. The number of aryl methyl sites for hydroxylation is 1. The number of carbonyl (C=O) groups is 1. The lowest BCUT2D eigenvalue weighted by atomic mass is 10.1. The van der Waals surface area contributed by atoms with Crippen LogP contribution < -0.4 is 4.90 Å². The minimum Gasteiger partial charge on any atom is -0.368 e. The molecule has 7 nitrogen and oxygen atoms in total. The molecule has 2 aromatic heterocycles. The summed E-state index contributed by atoms with van der Waals surface area (Å²) in [5, 5.41) is 13.5. The lowest BCUT2D eigenvalue weighted by molar-refractivity contribution is 0.0741. The van der Waals surface area contributed by atoms with E-state index in [1.165, 1.54) is 34.3 Å². The molecule has 0 aliphatic carbocycles. The van der Waals surface area contributed by atoms with Crippen LogP contribution in [0, 0.1) is 6.92 Å². The summed E-state index contributed by atoms with van der Waals surface area (Å²) in [6.07, 6.45) is 0. The van der Waals surface area contributed by atoms with Crippen LogP contribution in [0.1, 0.15) is 21.1 Å². The Labute approximate surface area is 256 Å². The maximum Gasteiger partial charge on any atom is 0.273 e. The first-order valence-electron chi connectivity index (χ1n) is 13.1. The number of para-hydroxylation sites is 1. The van der Waals surface area contributed by atoms with Crippen LogP contribution in [0.2, 0.25) is 10.0 Å². The molecule has 3 heterocycles. The number of halogens is 2. The Bertz CT molecular complexity index is 1700. The van der Waals surface area contributed by atoms with Crippen molar-refractivity contribution >= 4 is 57.9 Å². The summed E-state index contributed by atoms with van der Waals surface area (Å²) in [5.74, 6) is 1.14. The van der Waals surface area contributed by atoms with Crippen LogP contribution in [-0.2, 0) is 5.75 Å². The molecule has 1 fully saturated rings. The van der Waals surface area contributed by atoms with Crippen molar-refractivity contribution in [3.05, 3.63) is 104 Å². The van der Waals surface area contributed by atoms with E-state index in [-0.39, 0.29) is 5.91 Å². The number of thiazole rings is 1. The van der Waals surface area contributed by atoms with Crippen molar-refractivity contribution < 1.29 is 4.79 Å². The van der Waals surface area contributed by atoms with Crippen LogP contribution in [0.3, 0.4) is 0 Å². The molecule has 5 aromatic rings. The third kappa shape index (κ3) is 5.99. The number of anilines is 1. The Kier molecular flexibility index (Phi) is 8.30. The molecule has 0 radical (unpaired) electrons. The van der Waals surface area contributed by atoms with Crippen molar-refractivity contribution in [2.75, 3.05) is 31.1 Å². The second-order valence-electron chi connectivity index (χ2n) is 9.58. The van der Waals surface area contributed by atoms with Gasteiger partial charge in [-0.2, -0.15) is 0 Å². The van der Waals surface area contributed by atoms with Crippen molar-refractivity contribution in [1.82, 2.24) is 24.6 Å². The van der Waals surface area contributed by atoms with Gasteiger partial charge in [-0.25, -0.2) is 4.98 Å². The first-order chi connectivity index (χ1) is 20.0. The number of aromatic nitrogens is 4. The monoisotopic (exact) mass is 620 g/mol. The SMILES string of the molecule is Cc1ccccc1N1CCN(C(=O)c2csc(CSc3nnc(-c4ccccc4Cl)n3-c3cccc(Cl)c3)n2)CC1. The zero-order chi connectivity index (χ0) is 28.3. The van der Waals surface area contributed by atoms with E-state index in [9.17, 15) is 4.79 Å². The summed E-state index contributed by atoms with van der Waals surface area (Å²) in [5.41, 5.74) is 4.58. The predicted octanol–water partition coefficient (Wildman–Crippen LogP) is 7.26. The third-order valence-electron chi connectivity index (χ3n) is 6.93. The van der Waals surface area contributed by atoms with Crippen LogP contribution >= 0.6 is 46.3 Å². The number of piperazine rings is 1. The number of nitrogens with zero attached hydrogens (tertiary/aromatic N) is 6. The maximum absolute atomic E-state index is 13.3. The third-order valence-corrected chi connectivity index (χ3v) is 9.47. The highest BCUT2D eigenvalue weighted by Gasteiger charge is 2.25. The van der Waals surface area contributed by atoms with E-state index in [0.717, 1.165) is 29.3 Å². The second kappa shape index (κ2) is 12.2. The first-order valence-corrected chi connectivity index (χ1v) is 15.7. The predicted molar refractivity (Wildman–Crippen MR) is 168 cm³/mol. The van der Waals surface area contributed by atoms with Crippen LogP contribution in [0.25, 0.3) is 17.1 Å². The standard InChI is InChI=1S/C30H26Cl2N6OS2/c1-20-7-2-5-12-26(20)36-13-15-37(16-14-36)29(39)25-18-40-27(33-25)19-41-30-35-34-28(23-10-3-4-11-24(23)32)38(30)22-9-6-8-21(31)17-22/h2-12,17-18H,13-16,19H2,1H3. The fourth-order valence-corrected chi connectivity index (χ4v) is 7.00. The molecule has 1 aliphatic heterocycles. The van der Waals surface area contributed by atoms with Gasteiger partial charge in [0.2, 0.25) is 0 Å². The molecule has 1 amide bonds. The van der Waals surface area contributed by atoms with Crippen LogP contribution in [0.15, 0.2) is 83.3 Å². The first kappa shape index (κ1) is 27.8. The summed E-state index contributed by atoms with van der Waals surface area (Å²) in [7, 11) is 0. The molecule has 0 saturated carbocycles. The summed E-state index contributed by atoms with van der Waals surface area (Å²) >= 11 is 15.8. The van der Waals surface area contributed by atoms with E-state index in [4.69, 9.17) is 23.2 Å². The highest BCUT2D eigenvalue weighted by atomic mass is 35.5. The summed E-state index contributed by atoms with van der Waals surface area (Å²) < 4.78 is 1.95. The Balaban J connectivity index is 1.16. The van der Waals surface area contributed by atoms with Gasteiger partial charge < -0.3 is 9.80 Å². The quantitative estimate of drug-likeness (QED) is 0.178. The Hall–Kier alpha value is -3.37. The molecule has 1 aliphatic rings. The number of amides is 1. The number of benzene rings is 3. The van der Waals surface area contributed by atoms with E-state index in [1.807, 2.05) is 63.4 Å². The van der Waals surface area contributed by atoms with Crippen molar-refractivity contribution in [2.45, 2.75) is 17.8 Å². The second-order valence-corrected chi connectivity index (χ2v) is 12.3. The van der Waals surface area contributed by atoms with Gasteiger partial charge in [0, 0.05) is 47.8 Å². The summed E-state index contributed by atoms with van der Waals surface area (Å²) in [6, 6.07) is 23.5. The molecule has 0 N–H and O–H groups in total. The Morgan fingerprint density at radius 3 is 2.51 bits per heavy atom. The fourth-order valence-electron chi connectivity index (χ4n) is 4.86. The number of hydrogen-bond acceptors (Lipinski definition) is 7. The summed E-state index contributed by atoms with van der Waals surface area (Å²) in [4.78, 5) is 22.2. The number of thioether (sulfide) groups is 1. The van der Waals surface area contributed by atoms with Gasteiger partial charge in [0.15, 0.2) is 11.0 Å². The van der Waals surface area contributed by atoms with Crippen LogP contribution in [0.5, 0.6) is 0 Å². The molecule has 3 aromatic carbocycles. The molecule has 6 rings (SSSR count). The molecule has 0 atom stereocenters. The highest BCUT2D eigenvalue weighted by molar-refractivity contribution is 7.98. The zero-order valence-corrected chi connectivity index (χ0v) is 25.3. The van der Waals surface area contributed by atoms with Crippen molar-refractivity contribution in [2.24, 2.45) is 0 Å². The zero-order valence-electron chi connectivity index (χ0n) is 22.2. The van der Waals surface area contributed by atoms with Gasteiger partial charge in [-0.15, -0.1) is 21.5 Å². The van der Waals surface area contributed by atoms with E-state index >= 15 is 0 Å². The van der Waals surface area contributed by atoms with Gasteiger partial charge in [0.05, 0.1) is 16.5 Å². The Morgan fingerprint density at radius 1 is 0.951 bits per heavy atom. The molecule has 0 unspecified atom stereocenters. The van der Waals surface area contributed by atoms with Gasteiger partial charge in [-0.05, 0) is 48.9 Å².